The minimum atomic E-state index is -0.957. The lowest BCUT2D eigenvalue weighted by Crippen LogP contribution is -2.29. The zero-order valence-corrected chi connectivity index (χ0v) is 11.1. The molecule has 1 unspecified atom stereocenters. The van der Waals surface area contributed by atoms with Crippen LogP contribution in [0.1, 0.15) is 18.2 Å². The van der Waals surface area contributed by atoms with Gasteiger partial charge < -0.3 is 10.4 Å². The van der Waals surface area contributed by atoms with E-state index in [1.54, 1.807) is 18.3 Å². The fourth-order valence-corrected chi connectivity index (χ4v) is 2.57. The first-order valence-electron chi connectivity index (χ1n) is 4.72. The minimum Gasteiger partial charge on any atom is -0.481 e. The van der Waals surface area contributed by atoms with Gasteiger partial charge in [0.2, 0.25) is 5.91 Å². The summed E-state index contributed by atoms with van der Waals surface area (Å²) in [7, 11) is 0. The lowest BCUT2D eigenvalue weighted by atomic mass is 10.1. The molecule has 1 atom stereocenters. The van der Waals surface area contributed by atoms with Gasteiger partial charge in [-0.15, -0.1) is 11.3 Å². The Bertz CT molecular complexity index is 391. The molecule has 0 saturated carbocycles. The molecule has 1 heterocycles. The summed E-state index contributed by atoms with van der Waals surface area (Å²) in [5.74, 6) is -1.69. The highest BCUT2D eigenvalue weighted by Crippen LogP contribution is 2.21. The van der Waals surface area contributed by atoms with Gasteiger partial charge >= 0.3 is 5.97 Å². The van der Waals surface area contributed by atoms with Crippen LogP contribution in [0.2, 0.25) is 0 Å². The first-order valence-corrected chi connectivity index (χ1v) is 6.33. The Hall–Kier alpha value is -0.880. The molecule has 0 radical (unpaired) electrons. The topological polar surface area (TPSA) is 66.4 Å². The van der Waals surface area contributed by atoms with Crippen molar-refractivity contribution in [2.75, 3.05) is 0 Å². The number of amides is 1. The highest BCUT2D eigenvalue weighted by atomic mass is 79.9. The van der Waals surface area contributed by atoms with Crippen molar-refractivity contribution in [3.05, 3.63) is 20.8 Å². The van der Waals surface area contributed by atoms with Crippen molar-refractivity contribution in [3.63, 3.8) is 0 Å². The Morgan fingerprint density at radius 1 is 1.56 bits per heavy atom. The summed E-state index contributed by atoms with van der Waals surface area (Å²) in [6, 6.07) is 3.82. The van der Waals surface area contributed by atoms with Crippen molar-refractivity contribution in [2.24, 2.45) is 5.92 Å². The van der Waals surface area contributed by atoms with Gasteiger partial charge in [0.1, 0.15) is 0 Å². The highest BCUT2D eigenvalue weighted by Gasteiger charge is 2.15. The number of rotatable bonds is 5. The number of nitrogens with one attached hydrogen (secondary N) is 1. The predicted octanol–water partition coefficient (Wildman–Crippen LogP) is 2.24. The molecule has 0 fully saturated rings. The quantitative estimate of drug-likeness (QED) is 0.877. The van der Waals surface area contributed by atoms with Gasteiger partial charge in [-0.1, -0.05) is 6.92 Å². The molecule has 4 nitrogen and oxygen atoms in total. The van der Waals surface area contributed by atoms with E-state index in [4.69, 9.17) is 5.11 Å². The number of aliphatic carboxylic acids is 1. The zero-order chi connectivity index (χ0) is 12.1. The van der Waals surface area contributed by atoms with Crippen LogP contribution in [0.4, 0.5) is 0 Å². The second kappa shape index (κ2) is 6.00. The number of hydrogen-bond acceptors (Lipinski definition) is 3. The number of carbonyl (C=O) groups is 2. The van der Waals surface area contributed by atoms with Crippen LogP contribution in [0.3, 0.4) is 0 Å². The number of carboxylic acid groups (broad SMARTS) is 1. The van der Waals surface area contributed by atoms with Gasteiger partial charge in [0.25, 0.3) is 0 Å². The van der Waals surface area contributed by atoms with Crippen molar-refractivity contribution >= 4 is 39.1 Å². The van der Waals surface area contributed by atoms with Crippen LogP contribution < -0.4 is 5.32 Å². The van der Waals surface area contributed by atoms with Crippen LogP contribution in [-0.2, 0) is 16.1 Å². The Morgan fingerprint density at radius 2 is 2.25 bits per heavy atom. The van der Waals surface area contributed by atoms with Crippen LogP contribution in [0.15, 0.2) is 15.9 Å². The zero-order valence-electron chi connectivity index (χ0n) is 8.70. The average Bonchev–Trinajstić information content (AvgIpc) is 2.59. The molecular formula is C10H12BrNO3S. The van der Waals surface area contributed by atoms with Gasteiger partial charge in [0.15, 0.2) is 0 Å². The minimum absolute atomic E-state index is 0.139. The molecule has 0 bridgehead atoms. The molecule has 0 spiro atoms. The number of halogens is 1. The standard InChI is InChI=1S/C10H12BrNO3S/c1-6(4-9(13)14)10(15)12-5-7-2-3-8(11)16-7/h2-3,6H,4-5H2,1H3,(H,12,15)(H,13,14). The normalized spacial score (nSPS) is 12.1. The molecule has 1 rings (SSSR count). The molecule has 0 aromatic carbocycles. The molecule has 16 heavy (non-hydrogen) atoms. The lowest BCUT2D eigenvalue weighted by molar-refractivity contribution is -0.140. The van der Waals surface area contributed by atoms with Crippen molar-refractivity contribution in [1.82, 2.24) is 5.32 Å². The van der Waals surface area contributed by atoms with Crippen LogP contribution in [0.5, 0.6) is 0 Å². The van der Waals surface area contributed by atoms with Crippen molar-refractivity contribution in [1.29, 1.82) is 0 Å². The highest BCUT2D eigenvalue weighted by molar-refractivity contribution is 9.11. The second-order valence-corrected chi connectivity index (χ2v) is 5.97. The number of carbonyl (C=O) groups excluding carboxylic acids is 1. The van der Waals surface area contributed by atoms with Gasteiger partial charge in [-0.25, -0.2) is 0 Å². The van der Waals surface area contributed by atoms with E-state index < -0.39 is 11.9 Å². The fourth-order valence-electron chi connectivity index (χ4n) is 1.15. The Kier molecular flexibility index (Phi) is 4.95. The summed E-state index contributed by atoms with van der Waals surface area (Å²) in [6.45, 7) is 2.05. The molecule has 1 aromatic heterocycles. The summed E-state index contributed by atoms with van der Waals surface area (Å²) in [5, 5.41) is 11.2. The maximum Gasteiger partial charge on any atom is 0.304 e. The van der Waals surface area contributed by atoms with Gasteiger partial charge in [-0.3, -0.25) is 9.59 Å². The molecule has 1 aromatic rings. The first-order chi connectivity index (χ1) is 7.49. The van der Waals surface area contributed by atoms with E-state index in [1.807, 2.05) is 12.1 Å². The molecule has 0 aliphatic heterocycles. The SMILES string of the molecule is CC(CC(=O)O)C(=O)NCc1ccc(Br)s1. The largest absolute Gasteiger partial charge is 0.481 e. The molecule has 1 amide bonds. The summed E-state index contributed by atoms with van der Waals surface area (Å²) in [6.07, 6.45) is -0.139. The van der Waals surface area contributed by atoms with E-state index in [2.05, 4.69) is 21.2 Å². The van der Waals surface area contributed by atoms with E-state index >= 15 is 0 Å². The fraction of sp³-hybridized carbons (Fsp3) is 0.400. The van der Waals surface area contributed by atoms with Crippen LogP contribution in [0.25, 0.3) is 0 Å². The van der Waals surface area contributed by atoms with E-state index in [1.165, 1.54) is 0 Å². The van der Waals surface area contributed by atoms with Gasteiger partial charge in [0.05, 0.1) is 16.8 Å². The lowest BCUT2D eigenvalue weighted by Gasteiger charge is -2.08. The summed E-state index contributed by atoms with van der Waals surface area (Å²) >= 11 is 4.87. The smallest absolute Gasteiger partial charge is 0.304 e. The molecule has 2 N–H and O–H groups in total. The molecule has 0 saturated heterocycles. The predicted molar refractivity (Wildman–Crippen MR) is 65.3 cm³/mol. The van der Waals surface area contributed by atoms with E-state index in [-0.39, 0.29) is 12.3 Å². The van der Waals surface area contributed by atoms with E-state index in [0.717, 1.165) is 8.66 Å². The third-order valence-corrected chi connectivity index (χ3v) is 3.62. The Balaban J connectivity index is 2.37. The van der Waals surface area contributed by atoms with E-state index in [0.29, 0.717) is 6.54 Å². The third-order valence-electron chi connectivity index (χ3n) is 1.99. The molecule has 6 heteroatoms. The van der Waals surface area contributed by atoms with Crippen molar-refractivity contribution in [2.45, 2.75) is 19.9 Å². The summed E-state index contributed by atoms with van der Waals surface area (Å²) in [4.78, 5) is 22.9. The van der Waals surface area contributed by atoms with Gasteiger partial charge in [-0.05, 0) is 28.1 Å². The number of thiophene rings is 1. The number of hydrogen-bond donors (Lipinski definition) is 2. The summed E-state index contributed by atoms with van der Waals surface area (Å²) < 4.78 is 1.01. The maximum absolute atomic E-state index is 11.5. The third kappa shape index (κ3) is 4.32. The van der Waals surface area contributed by atoms with E-state index in [9.17, 15) is 9.59 Å². The van der Waals surface area contributed by atoms with Gasteiger partial charge in [0, 0.05) is 10.8 Å². The van der Waals surface area contributed by atoms with Crippen molar-refractivity contribution < 1.29 is 14.7 Å². The molecule has 88 valence electrons. The van der Waals surface area contributed by atoms with Gasteiger partial charge in [-0.2, -0.15) is 0 Å². The van der Waals surface area contributed by atoms with Crippen LogP contribution in [0, 0.1) is 5.92 Å². The monoisotopic (exact) mass is 305 g/mol. The molecule has 0 aliphatic carbocycles. The Morgan fingerprint density at radius 3 is 2.75 bits per heavy atom. The second-order valence-electron chi connectivity index (χ2n) is 3.42. The average molecular weight is 306 g/mol. The van der Waals surface area contributed by atoms with Crippen LogP contribution in [-0.4, -0.2) is 17.0 Å². The Labute approximate surface area is 106 Å². The van der Waals surface area contributed by atoms with Crippen molar-refractivity contribution in [3.8, 4) is 0 Å². The first kappa shape index (κ1) is 13.2. The maximum atomic E-state index is 11.5. The molecular weight excluding hydrogens is 294 g/mol. The molecule has 0 aliphatic rings. The summed E-state index contributed by atoms with van der Waals surface area (Å²) in [5.41, 5.74) is 0. The number of carboxylic acids is 1. The van der Waals surface area contributed by atoms with Crippen LogP contribution >= 0.6 is 27.3 Å².